The van der Waals surface area contributed by atoms with E-state index in [9.17, 15) is 13.2 Å². The summed E-state index contributed by atoms with van der Waals surface area (Å²) in [6.07, 6.45) is 1.25. The number of rotatable bonds is 4. The molecule has 0 aliphatic carbocycles. The molecule has 112 valence electrons. The molecule has 2 N–H and O–H groups in total. The Kier molecular flexibility index (Phi) is 4.04. The van der Waals surface area contributed by atoms with Gasteiger partial charge in [-0.25, -0.2) is 13.2 Å². The predicted molar refractivity (Wildman–Crippen MR) is 78.9 cm³/mol. The lowest BCUT2D eigenvalue weighted by Crippen LogP contribution is -2.13. The first-order valence-electron chi connectivity index (χ1n) is 6.21. The highest BCUT2D eigenvalue weighted by Crippen LogP contribution is 2.22. The maximum atomic E-state index is 12.3. The fourth-order valence-corrected chi connectivity index (χ4v) is 2.94. The molecule has 0 radical (unpaired) electrons. The van der Waals surface area contributed by atoms with Crippen molar-refractivity contribution in [3.63, 3.8) is 0 Å². The molecule has 0 amide bonds. The topological polar surface area (TPSA) is 88.3 Å². The van der Waals surface area contributed by atoms with Gasteiger partial charge in [0.1, 0.15) is 10.6 Å². The summed E-state index contributed by atoms with van der Waals surface area (Å²) in [4.78, 5) is 13.9. The average Bonchev–Trinajstić information content (AvgIpc) is 2.93. The fourth-order valence-electron chi connectivity index (χ4n) is 1.82. The summed E-state index contributed by atoms with van der Waals surface area (Å²) in [5.74, 6) is -0.622. The standard InChI is InChI=1S/C14H16N2O4S/c1-9-5-4-6-12(10(9)2)16-21(18,19)11-7-13(15-8-11)14(17)20-3/h4-8,15-16H,1-3H3. The molecule has 0 bridgehead atoms. The number of aromatic nitrogens is 1. The lowest BCUT2D eigenvalue weighted by atomic mass is 10.1. The normalized spacial score (nSPS) is 11.2. The molecule has 0 unspecified atom stereocenters. The van der Waals surface area contributed by atoms with Crippen molar-refractivity contribution in [1.29, 1.82) is 0 Å². The fraction of sp³-hybridized carbons (Fsp3) is 0.214. The Hall–Kier alpha value is -2.28. The van der Waals surface area contributed by atoms with Gasteiger partial charge in [-0.05, 0) is 37.1 Å². The van der Waals surface area contributed by atoms with Gasteiger partial charge in [0.05, 0.1) is 12.8 Å². The van der Waals surface area contributed by atoms with Crippen LogP contribution in [0.4, 0.5) is 5.69 Å². The summed E-state index contributed by atoms with van der Waals surface area (Å²) in [5, 5.41) is 0. The van der Waals surface area contributed by atoms with E-state index < -0.39 is 16.0 Å². The van der Waals surface area contributed by atoms with Crippen molar-refractivity contribution in [3.05, 3.63) is 47.3 Å². The van der Waals surface area contributed by atoms with Gasteiger partial charge in [-0.2, -0.15) is 0 Å². The molecule has 0 aliphatic rings. The minimum Gasteiger partial charge on any atom is -0.464 e. The molecule has 1 heterocycles. The second-order valence-corrected chi connectivity index (χ2v) is 6.28. The third kappa shape index (κ3) is 3.08. The number of esters is 1. The molecule has 1 aromatic heterocycles. The molecule has 0 atom stereocenters. The molecule has 0 saturated heterocycles. The number of ether oxygens (including phenoxy) is 1. The van der Waals surface area contributed by atoms with Gasteiger partial charge in [-0.3, -0.25) is 4.72 Å². The highest BCUT2D eigenvalue weighted by molar-refractivity contribution is 7.92. The molecule has 0 spiro atoms. The maximum absolute atomic E-state index is 12.3. The van der Waals surface area contributed by atoms with Crippen LogP contribution in [-0.2, 0) is 14.8 Å². The SMILES string of the molecule is COC(=O)c1cc(S(=O)(=O)Nc2cccc(C)c2C)c[nH]1. The van der Waals surface area contributed by atoms with Crippen LogP contribution in [-0.4, -0.2) is 26.5 Å². The van der Waals surface area contributed by atoms with Gasteiger partial charge in [0, 0.05) is 6.20 Å². The molecule has 0 aliphatic heterocycles. The lowest BCUT2D eigenvalue weighted by molar-refractivity contribution is 0.0595. The Morgan fingerprint density at radius 2 is 2.00 bits per heavy atom. The maximum Gasteiger partial charge on any atom is 0.354 e. The second kappa shape index (κ2) is 5.61. The summed E-state index contributed by atoms with van der Waals surface area (Å²) in [7, 11) is -2.53. The average molecular weight is 308 g/mol. The summed E-state index contributed by atoms with van der Waals surface area (Å²) in [6, 6.07) is 6.60. The van der Waals surface area contributed by atoms with E-state index in [2.05, 4.69) is 14.4 Å². The van der Waals surface area contributed by atoms with E-state index in [1.165, 1.54) is 19.4 Å². The minimum absolute atomic E-state index is 0.0243. The molecular formula is C14H16N2O4S. The summed E-state index contributed by atoms with van der Waals surface area (Å²) >= 11 is 0. The number of methoxy groups -OCH3 is 1. The third-order valence-corrected chi connectivity index (χ3v) is 4.57. The van der Waals surface area contributed by atoms with E-state index in [-0.39, 0.29) is 10.6 Å². The van der Waals surface area contributed by atoms with Gasteiger partial charge in [0.25, 0.3) is 10.0 Å². The number of nitrogens with one attached hydrogen (secondary N) is 2. The molecule has 2 aromatic rings. The zero-order valence-electron chi connectivity index (χ0n) is 11.9. The van der Waals surface area contributed by atoms with Crippen molar-refractivity contribution in [1.82, 2.24) is 4.98 Å². The van der Waals surface area contributed by atoms with E-state index in [0.717, 1.165) is 11.1 Å². The number of anilines is 1. The largest absolute Gasteiger partial charge is 0.464 e. The van der Waals surface area contributed by atoms with Crippen LogP contribution < -0.4 is 4.72 Å². The van der Waals surface area contributed by atoms with E-state index in [4.69, 9.17) is 0 Å². The van der Waals surface area contributed by atoms with Crippen molar-refractivity contribution in [2.45, 2.75) is 18.7 Å². The molecule has 0 fully saturated rings. The summed E-state index contributed by atoms with van der Waals surface area (Å²) in [6.45, 7) is 3.74. The zero-order chi connectivity index (χ0) is 15.6. The molecule has 7 heteroatoms. The van der Waals surface area contributed by atoms with Gasteiger partial charge in [-0.1, -0.05) is 12.1 Å². The highest BCUT2D eigenvalue weighted by Gasteiger charge is 2.19. The van der Waals surface area contributed by atoms with Crippen molar-refractivity contribution < 1.29 is 17.9 Å². The van der Waals surface area contributed by atoms with Crippen molar-refractivity contribution in [2.75, 3.05) is 11.8 Å². The molecule has 1 aromatic carbocycles. The van der Waals surface area contributed by atoms with E-state index >= 15 is 0 Å². The molecular weight excluding hydrogens is 292 g/mol. The first kappa shape index (κ1) is 15.1. The van der Waals surface area contributed by atoms with Gasteiger partial charge in [0.2, 0.25) is 0 Å². The van der Waals surface area contributed by atoms with Crippen LogP contribution in [0.3, 0.4) is 0 Å². The van der Waals surface area contributed by atoms with Crippen LogP contribution in [0.1, 0.15) is 21.6 Å². The molecule has 2 rings (SSSR count). The predicted octanol–water partition coefficient (Wildman–Crippen LogP) is 2.22. The van der Waals surface area contributed by atoms with Crippen molar-refractivity contribution >= 4 is 21.7 Å². The second-order valence-electron chi connectivity index (χ2n) is 4.59. The van der Waals surface area contributed by atoms with Crippen LogP contribution in [0.2, 0.25) is 0 Å². The van der Waals surface area contributed by atoms with Crippen LogP contribution in [0.15, 0.2) is 35.4 Å². The van der Waals surface area contributed by atoms with Crippen LogP contribution in [0.25, 0.3) is 0 Å². The summed E-state index contributed by atoms with van der Waals surface area (Å²) < 4.78 is 31.7. The van der Waals surface area contributed by atoms with E-state index in [1.54, 1.807) is 12.1 Å². The van der Waals surface area contributed by atoms with Gasteiger partial charge >= 0.3 is 5.97 Å². The molecule has 0 saturated carbocycles. The first-order chi connectivity index (χ1) is 9.85. The number of aromatic amines is 1. The van der Waals surface area contributed by atoms with Crippen LogP contribution >= 0.6 is 0 Å². The van der Waals surface area contributed by atoms with Gasteiger partial charge in [0.15, 0.2) is 0 Å². The number of carbonyl (C=O) groups is 1. The molecule has 6 nitrogen and oxygen atoms in total. The van der Waals surface area contributed by atoms with Crippen LogP contribution in [0.5, 0.6) is 0 Å². The number of H-pyrrole nitrogens is 1. The quantitative estimate of drug-likeness (QED) is 0.848. The highest BCUT2D eigenvalue weighted by atomic mass is 32.2. The Bertz CT molecular complexity index is 778. The minimum atomic E-state index is -3.76. The van der Waals surface area contributed by atoms with Crippen molar-refractivity contribution in [3.8, 4) is 0 Å². The van der Waals surface area contributed by atoms with Gasteiger partial charge < -0.3 is 9.72 Å². The Morgan fingerprint density at radius 1 is 1.29 bits per heavy atom. The molecule has 21 heavy (non-hydrogen) atoms. The van der Waals surface area contributed by atoms with Gasteiger partial charge in [-0.15, -0.1) is 0 Å². The number of sulfonamides is 1. The van der Waals surface area contributed by atoms with Crippen LogP contribution in [0, 0.1) is 13.8 Å². The van der Waals surface area contributed by atoms with E-state index in [0.29, 0.717) is 5.69 Å². The number of carbonyl (C=O) groups excluding carboxylic acids is 1. The number of hydrogen-bond acceptors (Lipinski definition) is 4. The number of benzene rings is 1. The smallest absolute Gasteiger partial charge is 0.354 e. The Labute approximate surface area is 123 Å². The summed E-state index contributed by atoms with van der Waals surface area (Å²) in [5.41, 5.74) is 2.43. The van der Waals surface area contributed by atoms with E-state index in [1.807, 2.05) is 19.9 Å². The lowest BCUT2D eigenvalue weighted by Gasteiger charge is -2.11. The first-order valence-corrected chi connectivity index (χ1v) is 7.69. The number of aryl methyl sites for hydroxylation is 1. The Morgan fingerprint density at radius 3 is 2.67 bits per heavy atom. The van der Waals surface area contributed by atoms with Crippen molar-refractivity contribution in [2.24, 2.45) is 0 Å². The third-order valence-electron chi connectivity index (χ3n) is 3.22. The number of hydrogen-bond donors (Lipinski definition) is 2. The zero-order valence-corrected chi connectivity index (χ0v) is 12.7. The monoisotopic (exact) mass is 308 g/mol. The Balaban J connectivity index is 2.32.